The van der Waals surface area contributed by atoms with E-state index in [1.807, 2.05) is 36.4 Å². The van der Waals surface area contributed by atoms with Gasteiger partial charge >= 0.3 is 5.97 Å². The lowest BCUT2D eigenvalue weighted by atomic mass is 10.0. The maximum atomic E-state index is 12.6. The summed E-state index contributed by atoms with van der Waals surface area (Å²) in [6, 6.07) is 13.6. The number of nitrogens with zero attached hydrogens (tertiary/aromatic N) is 1. The minimum Gasteiger partial charge on any atom is -0.468 e. The fourth-order valence-electron chi connectivity index (χ4n) is 3.56. The average molecular weight is 321 g/mol. The van der Waals surface area contributed by atoms with E-state index in [-0.39, 0.29) is 12.3 Å². The number of carbonyl (C=O) groups is 3. The summed E-state index contributed by atoms with van der Waals surface area (Å²) in [5.41, 5.74) is 4.85. The van der Waals surface area contributed by atoms with Gasteiger partial charge in [0.1, 0.15) is 5.92 Å². The number of ether oxygens (including phenoxy) is 1. The quantitative estimate of drug-likeness (QED) is 0.413. The third kappa shape index (κ3) is 1.98. The molecule has 1 aliphatic carbocycles. The van der Waals surface area contributed by atoms with E-state index in [4.69, 9.17) is 0 Å². The number of rotatable bonds is 2. The van der Waals surface area contributed by atoms with Gasteiger partial charge in [-0.3, -0.25) is 14.4 Å². The number of hydrogen-bond donors (Lipinski definition) is 0. The number of amides is 2. The molecule has 1 fully saturated rings. The van der Waals surface area contributed by atoms with Crippen LogP contribution in [0.4, 0.5) is 5.69 Å². The van der Waals surface area contributed by atoms with Crippen molar-refractivity contribution < 1.29 is 19.1 Å². The van der Waals surface area contributed by atoms with Crippen molar-refractivity contribution >= 4 is 23.5 Å². The molecule has 0 bridgehead atoms. The molecule has 1 heterocycles. The Labute approximate surface area is 138 Å². The monoisotopic (exact) mass is 321 g/mol. The molecule has 5 heteroatoms. The zero-order chi connectivity index (χ0) is 16.8. The third-order valence-electron chi connectivity index (χ3n) is 4.70. The predicted octanol–water partition coefficient (Wildman–Crippen LogP) is 2.31. The Morgan fingerprint density at radius 3 is 2.62 bits per heavy atom. The number of carbonyl (C=O) groups excluding carboxylic acids is 3. The van der Waals surface area contributed by atoms with E-state index in [9.17, 15) is 14.4 Å². The molecule has 5 nitrogen and oxygen atoms in total. The van der Waals surface area contributed by atoms with Crippen molar-refractivity contribution in [3.8, 4) is 11.1 Å². The molecule has 1 unspecified atom stereocenters. The second-order valence-corrected chi connectivity index (χ2v) is 5.98. The molecule has 1 saturated heterocycles. The molecule has 1 atom stereocenters. The zero-order valence-corrected chi connectivity index (χ0v) is 13.1. The molecule has 0 aromatic heterocycles. The van der Waals surface area contributed by atoms with Crippen molar-refractivity contribution in [3.63, 3.8) is 0 Å². The number of anilines is 1. The molecule has 0 spiro atoms. The Hall–Kier alpha value is -2.95. The highest BCUT2D eigenvalue weighted by Crippen LogP contribution is 2.42. The average Bonchev–Trinajstić information content (AvgIpc) is 3.12. The number of hydrogen-bond acceptors (Lipinski definition) is 4. The first-order chi connectivity index (χ1) is 11.6. The lowest BCUT2D eigenvalue weighted by molar-refractivity contribution is -0.148. The van der Waals surface area contributed by atoms with Crippen LogP contribution in [0.5, 0.6) is 0 Å². The lowest BCUT2D eigenvalue weighted by Crippen LogP contribution is -2.33. The lowest BCUT2D eigenvalue weighted by Gasteiger charge is -2.18. The van der Waals surface area contributed by atoms with Crippen molar-refractivity contribution in [2.45, 2.75) is 12.8 Å². The molecule has 2 amide bonds. The fraction of sp³-hybridized carbons (Fsp3) is 0.211. The normalized spacial score (nSPS) is 18.5. The molecule has 2 aromatic carbocycles. The van der Waals surface area contributed by atoms with Gasteiger partial charge in [-0.15, -0.1) is 0 Å². The number of imide groups is 1. The van der Waals surface area contributed by atoms with Crippen LogP contribution < -0.4 is 4.90 Å². The Balaban J connectivity index is 1.79. The topological polar surface area (TPSA) is 63.7 Å². The van der Waals surface area contributed by atoms with E-state index in [1.54, 1.807) is 6.07 Å². The van der Waals surface area contributed by atoms with Gasteiger partial charge in [-0.05, 0) is 28.3 Å². The van der Waals surface area contributed by atoms with E-state index in [0.29, 0.717) is 12.1 Å². The van der Waals surface area contributed by atoms with E-state index in [1.165, 1.54) is 12.7 Å². The summed E-state index contributed by atoms with van der Waals surface area (Å²) in [5.74, 6) is -2.56. The van der Waals surface area contributed by atoms with Crippen LogP contribution in [0.3, 0.4) is 0 Å². The second-order valence-electron chi connectivity index (χ2n) is 5.98. The van der Waals surface area contributed by atoms with Gasteiger partial charge in [-0.2, -0.15) is 0 Å². The molecule has 0 saturated carbocycles. The van der Waals surface area contributed by atoms with Crippen LogP contribution in [0.2, 0.25) is 0 Å². The van der Waals surface area contributed by atoms with Crippen LogP contribution in [-0.2, 0) is 25.5 Å². The molecule has 2 aliphatic rings. The highest BCUT2D eigenvalue weighted by Gasteiger charge is 2.45. The number of esters is 1. The van der Waals surface area contributed by atoms with Crippen molar-refractivity contribution in [1.82, 2.24) is 0 Å². The zero-order valence-electron chi connectivity index (χ0n) is 13.1. The molecule has 0 N–H and O–H groups in total. The van der Waals surface area contributed by atoms with Crippen LogP contribution in [0, 0.1) is 5.92 Å². The maximum Gasteiger partial charge on any atom is 0.318 e. The van der Waals surface area contributed by atoms with Gasteiger partial charge in [-0.1, -0.05) is 36.4 Å². The Morgan fingerprint density at radius 1 is 1.08 bits per heavy atom. The molecule has 1 aliphatic heterocycles. The molecule has 120 valence electrons. The molecule has 0 radical (unpaired) electrons. The summed E-state index contributed by atoms with van der Waals surface area (Å²) in [6.45, 7) is 0. The first-order valence-electron chi connectivity index (χ1n) is 7.76. The van der Waals surface area contributed by atoms with Crippen molar-refractivity contribution in [2.75, 3.05) is 12.0 Å². The SMILES string of the molecule is COC(=O)C1CC(=O)N(c2cccc3c2Cc2ccccc2-3)C1=O. The number of methoxy groups -OCH3 is 1. The molecule has 24 heavy (non-hydrogen) atoms. The van der Waals surface area contributed by atoms with Gasteiger partial charge in [0.05, 0.1) is 12.8 Å². The van der Waals surface area contributed by atoms with Gasteiger partial charge < -0.3 is 4.74 Å². The smallest absolute Gasteiger partial charge is 0.318 e. The van der Waals surface area contributed by atoms with Gasteiger partial charge in [0.25, 0.3) is 0 Å². The van der Waals surface area contributed by atoms with Crippen LogP contribution in [-0.4, -0.2) is 24.9 Å². The summed E-state index contributed by atoms with van der Waals surface area (Å²) in [7, 11) is 1.22. The third-order valence-corrected chi connectivity index (χ3v) is 4.70. The number of fused-ring (bicyclic) bond motifs is 3. The van der Waals surface area contributed by atoms with E-state index >= 15 is 0 Å². The van der Waals surface area contributed by atoms with Crippen molar-refractivity contribution in [2.24, 2.45) is 5.92 Å². The largest absolute Gasteiger partial charge is 0.468 e. The first kappa shape index (κ1) is 14.6. The van der Waals surface area contributed by atoms with E-state index in [0.717, 1.165) is 21.6 Å². The molecular weight excluding hydrogens is 306 g/mol. The predicted molar refractivity (Wildman–Crippen MR) is 87.3 cm³/mol. The molecule has 2 aromatic rings. The molecule has 4 rings (SSSR count). The van der Waals surface area contributed by atoms with E-state index < -0.39 is 17.8 Å². The Kier molecular flexibility index (Phi) is 3.23. The van der Waals surface area contributed by atoms with E-state index in [2.05, 4.69) is 4.74 Å². The van der Waals surface area contributed by atoms with Gasteiger partial charge in [0.2, 0.25) is 11.8 Å². The summed E-state index contributed by atoms with van der Waals surface area (Å²) in [4.78, 5) is 37.9. The first-order valence-corrected chi connectivity index (χ1v) is 7.76. The molecular formula is C19H15NO4. The highest BCUT2D eigenvalue weighted by molar-refractivity contribution is 6.26. The highest BCUT2D eigenvalue weighted by atomic mass is 16.5. The summed E-state index contributed by atoms with van der Waals surface area (Å²) in [6.07, 6.45) is 0.532. The van der Waals surface area contributed by atoms with Crippen LogP contribution in [0.25, 0.3) is 11.1 Å². The Morgan fingerprint density at radius 2 is 1.83 bits per heavy atom. The van der Waals surface area contributed by atoms with Gasteiger partial charge in [0.15, 0.2) is 0 Å². The summed E-state index contributed by atoms with van der Waals surface area (Å²) < 4.78 is 4.64. The second kappa shape index (κ2) is 5.30. The summed E-state index contributed by atoms with van der Waals surface area (Å²) in [5, 5.41) is 0. The maximum absolute atomic E-state index is 12.6. The Bertz CT molecular complexity index is 887. The van der Waals surface area contributed by atoms with Gasteiger partial charge in [-0.25, -0.2) is 4.90 Å². The van der Waals surface area contributed by atoms with Crippen LogP contribution >= 0.6 is 0 Å². The van der Waals surface area contributed by atoms with Crippen molar-refractivity contribution in [3.05, 3.63) is 53.6 Å². The van der Waals surface area contributed by atoms with Gasteiger partial charge in [0, 0.05) is 12.8 Å². The van der Waals surface area contributed by atoms with Crippen molar-refractivity contribution in [1.29, 1.82) is 0 Å². The van der Waals surface area contributed by atoms with Crippen LogP contribution in [0.1, 0.15) is 17.5 Å². The fourth-order valence-corrected chi connectivity index (χ4v) is 3.56. The standard InChI is InChI=1S/C19H15NO4/c1-24-19(23)15-10-17(21)20(18(15)22)16-8-4-7-13-12-6-3-2-5-11(12)9-14(13)16/h2-8,15H,9-10H2,1H3. The minimum atomic E-state index is -1.04. The summed E-state index contributed by atoms with van der Waals surface area (Å²) >= 11 is 0. The minimum absolute atomic E-state index is 0.137. The van der Waals surface area contributed by atoms with Crippen LogP contribution in [0.15, 0.2) is 42.5 Å². The number of benzene rings is 2.